The van der Waals surface area contributed by atoms with Crippen LogP contribution < -0.4 is 10.6 Å². The minimum atomic E-state index is -0.437. The van der Waals surface area contributed by atoms with Gasteiger partial charge in [-0.15, -0.1) is 0 Å². The Bertz CT molecular complexity index is 956. The maximum absolute atomic E-state index is 13.5. The van der Waals surface area contributed by atoms with Crippen LogP contribution in [0.15, 0.2) is 29.0 Å². The SMILES string of the molecule is Cc1ccc(C(=O)NCCNC(=O)CCc2nc(-c3ncn[nH]3)no2)cc1F. The molecule has 0 saturated carbocycles. The van der Waals surface area contributed by atoms with Gasteiger partial charge in [0, 0.05) is 31.5 Å². The molecule has 0 fully saturated rings. The lowest BCUT2D eigenvalue weighted by atomic mass is 10.1. The predicted molar refractivity (Wildman–Crippen MR) is 94.5 cm³/mol. The van der Waals surface area contributed by atoms with E-state index < -0.39 is 11.7 Å². The number of aryl methyl sites for hydroxylation is 2. The molecule has 2 aromatic heterocycles. The number of amides is 2. The summed E-state index contributed by atoms with van der Waals surface area (Å²) in [7, 11) is 0. The number of benzene rings is 1. The molecule has 28 heavy (non-hydrogen) atoms. The van der Waals surface area contributed by atoms with Crippen LogP contribution in [0, 0.1) is 12.7 Å². The van der Waals surface area contributed by atoms with Gasteiger partial charge in [-0.2, -0.15) is 10.1 Å². The van der Waals surface area contributed by atoms with Gasteiger partial charge in [-0.25, -0.2) is 9.37 Å². The topological polar surface area (TPSA) is 139 Å². The Kier molecular flexibility index (Phi) is 6.04. The van der Waals surface area contributed by atoms with E-state index in [-0.39, 0.29) is 43.2 Å². The molecule has 0 bridgehead atoms. The summed E-state index contributed by atoms with van der Waals surface area (Å²) in [5, 5.41) is 15.3. The zero-order valence-electron chi connectivity index (χ0n) is 15.0. The van der Waals surface area contributed by atoms with Crippen molar-refractivity contribution >= 4 is 11.8 Å². The van der Waals surface area contributed by atoms with Crippen LogP contribution in [-0.4, -0.2) is 50.2 Å². The molecular formula is C17H18FN7O3. The third-order valence-corrected chi connectivity index (χ3v) is 3.83. The highest BCUT2D eigenvalue weighted by Crippen LogP contribution is 2.10. The molecule has 0 radical (unpaired) electrons. The molecule has 0 aliphatic carbocycles. The normalized spacial score (nSPS) is 10.6. The minimum absolute atomic E-state index is 0.148. The van der Waals surface area contributed by atoms with Crippen molar-refractivity contribution in [2.75, 3.05) is 13.1 Å². The smallest absolute Gasteiger partial charge is 0.251 e. The number of carbonyl (C=O) groups excluding carboxylic acids is 2. The van der Waals surface area contributed by atoms with E-state index in [1.54, 1.807) is 13.0 Å². The number of H-pyrrole nitrogens is 1. The van der Waals surface area contributed by atoms with Gasteiger partial charge in [-0.3, -0.25) is 14.7 Å². The molecule has 3 aromatic rings. The average Bonchev–Trinajstić information content (AvgIpc) is 3.37. The summed E-state index contributed by atoms with van der Waals surface area (Å²) >= 11 is 0. The molecular weight excluding hydrogens is 369 g/mol. The van der Waals surface area contributed by atoms with Crippen molar-refractivity contribution in [3.05, 3.63) is 47.4 Å². The summed E-state index contributed by atoms with van der Waals surface area (Å²) in [6.07, 6.45) is 1.74. The van der Waals surface area contributed by atoms with E-state index in [1.165, 1.54) is 18.5 Å². The van der Waals surface area contributed by atoms with Gasteiger partial charge in [0.25, 0.3) is 5.91 Å². The van der Waals surface area contributed by atoms with Crippen molar-refractivity contribution in [1.29, 1.82) is 0 Å². The second-order valence-electron chi connectivity index (χ2n) is 5.92. The van der Waals surface area contributed by atoms with Crippen LogP contribution in [0.5, 0.6) is 0 Å². The highest BCUT2D eigenvalue weighted by Gasteiger charge is 2.12. The Morgan fingerprint density at radius 2 is 2.07 bits per heavy atom. The summed E-state index contributed by atoms with van der Waals surface area (Å²) in [5.74, 6) is -0.120. The lowest BCUT2D eigenvalue weighted by molar-refractivity contribution is -0.121. The molecule has 1 aromatic carbocycles. The lowest BCUT2D eigenvalue weighted by Crippen LogP contribution is -2.34. The van der Waals surface area contributed by atoms with Gasteiger partial charge in [-0.05, 0) is 24.6 Å². The summed E-state index contributed by atoms with van der Waals surface area (Å²) in [5.41, 5.74) is 0.700. The van der Waals surface area contributed by atoms with Crippen molar-refractivity contribution in [3.8, 4) is 11.6 Å². The Balaban J connectivity index is 1.35. The molecule has 2 heterocycles. The summed E-state index contributed by atoms with van der Waals surface area (Å²) in [6, 6.07) is 4.27. The van der Waals surface area contributed by atoms with Crippen LogP contribution in [0.25, 0.3) is 11.6 Å². The fourth-order valence-electron chi connectivity index (χ4n) is 2.29. The zero-order valence-corrected chi connectivity index (χ0v) is 15.0. The molecule has 0 unspecified atom stereocenters. The standard InChI is InChI=1S/C17H18FN7O3/c1-10-2-3-11(8-12(10)18)17(27)20-7-6-19-13(26)4-5-14-23-16(25-28-14)15-21-9-22-24-15/h2-3,8-9H,4-7H2,1H3,(H,19,26)(H,20,27)(H,21,22,24). The van der Waals surface area contributed by atoms with Crippen molar-refractivity contribution in [3.63, 3.8) is 0 Å². The number of rotatable bonds is 8. The maximum atomic E-state index is 13.5. The van der Waals surface area contributed by atoms with Crippen LogP contribution in [-0.2, 0) is 11.2 Å². The van der Waals surface area contributed by atoms with E-state index >= 15 is 0 Å². The quantitative estimate of drug-likeness (QED) is 0.485. The molecule has 0 aliphatic heterocycles. The molecule has 146 valence electrons. The number of halogens is 1. The fraction of sp³-hybridized carbons (Fsp3) is 0.294. The number of aromatic nitrogens is 5. The van der Waals surface area contributed by atoms with Crippen molar-refractivity contribution in [2.45, 2.75) is 19.8 Å². The average molecular weight is 387 g/mol. The fourth-order valence-corrected chi connectivity index (χ4v) is 2.29. The zero-order chi connectivity index (χ0) is 19.9. The van der Waals surface area contributed by atoms with Gasteiger partial charge < -0.3 is 15.2 Å². The van der Waals surface area contributed by atoms with E-state index in [4.69, 9.17) is 4.52 Å². The van der Waals surface area contributed by atoms with Gasteiger partial charge in [0.2, 0.25) is 17.6 Å². The monoisotopic (exact) mass is 387 g/mol. The van der Waals surface area contributed by atoms with Crippen LogP contribution >= 0.6 is 0 Å². The van der Waals surface area contributed by atoms with E-state index in [0.717, 1.165) is 0 Å². The molecule has 10 nitrogen and oxygen atoms in total. The molecule has 11 heteroatoms. The summed E-state index contributed by atoms with van der Waals surface area (Å²) < 4.78 is 18.5. The van der Waals surface area contributed by atoms with E-state index in [2.05, 4.69) is 36.0 Å². The first-order valence-corrected chi connectivity index (χ1v) is 8.52. The summed E-state index contributed by atoms with van der Waals surface area (Å²) in [4.78, 5) is 31.8. The first kappa shape index (κ1) is 19.1. The third-order valence-electron chi connectivity index (χ3n) is 3.83. The summed E-state index contributed by atoms with van der Waals surface area (Å²) in [6.45, 7) is 2.08. The van der Waals surface area contributed by atoms with E-state index in [0.29, 0.717) is 17.3 Å². The van der Waals surface area contributed by atoms with Crippen LogP contribution in [0.1, 0.15) is 28.2 Å². The molecule has 3 N–H and O–H groups in total. The van der Waals surface area contributed by atoms with Gasteiger partial charge in [0.1, 0.15) is 12.1 Å². The molecule has 0 atom stereocenters. The van der Waals surface area contributed by atoms with Crippen LogP contribution in [0.2, 0.25) is 0 Å². The van der Waals surface area contributed by atoms with Crippen LogP contribution in [0.3, 0.4) is 0 Å². The van der Waals surface area contributed by atoms with Crippen molar-refractivity contribution in [1.82, 2.24) is 36.0 Å². The minimum Gasteiger partial charge on any atom is -0.354 e. The van der Waals surface area contributed by atoms with Crippen molar-refractivity contribution < 1.29 is 18.5 Å². The number of nitrogens with zero attached hydrogens (tertiary/aromatic N) is 4. The maximum Gasteiger partial charge on any atom is 0.251 e. The Hall–Kier alpha value is -3.63. The predicted octanol–water partition coefficient (Wildman–Crippen LogP) is 0.781. The number of aromatic amines is 1. The molecule has 3 rings (SSSR count). The number of hydrogen-bond acceptors (Lipinski definition) is 7. The molecule has 2 amide bonds. The van der Waals surface area contributed by atoms with Gasteiger partial charge >= 0.3 is 0 Å². The van der Waals surface area contributed by atoms with Crippen molar-refractivity contribution in [2.24, 2.45) is 0 Å². The molecule has 0 saturated heterocycles. The lowest BCUT2D eigenvalue weighted by Gasteiger charge is -2.07. The molecule has 0 aliphatic rings. The second kappa shape index (κ2) is 8.84. The first-order chi connectivity index (χ1) is 13.5. The van der Waals surface area contributed by atoms with Gasteiger partial charge in [-0.1, -0.05) is 11.2 Å². The first-order valence-electron chi connectivity index (χ1n) is 8.52. The largest absolute Gasteiger partial charge is 0.354 e. The highest BCUT2D eigenvalue weighted by atomic mass is 19.1. The Morgan fingerprint density at radius 1 is 1.25 bits per heavy atom. The number of hydrogen-bond donors (Lipinski definition) is 3. The Labute approximate surface area is 158 Å². The van der Waals surface area contributed by atoms with E-state index in [1.807, 2.05) is 0 Å². The third kappa shape index (κ3) is 4.96. The van der Waals surface area contributed by atoms with Crippen LogP contribution in [0.4, 0.5) is 4.39 Å². The second-order valence-corrected chi connectivity index (χ2v) is 5.92. The molecule has 0 spiro atoms. The number of nitrogens with one attached hydrogen (secondary N) is 3. The van der Waals surface area contributed by atoms with Gasteiger partial charge in [0.15, 0.2) is 5.82 Å². The van der Waals surface area contributed by atoms with Gasteiger partial charge in [0.05, 0.1) is 0 Å². The Morgan fingerprint density at radius 3 is 2.82 bits per heavy atom. The number of carbonyl (C=O) groups is 2. The highest BCUT2D eigenvalue weighted by molar-refractivity contribution is 5.94. The van der Waals surface area contributed by atoms with E-state index in [9.17, 15) is 14.0 Å².